The number of benzene rings is 1. The monoisotopic (exact) mass is 333 g/mol. The van der Waals surface area contributed by atoms with Gasteiger partial charge in [-0.3, -0.25) is 14.3 Å². The van der Waals surface area contributed by atoms with Gasteiger partial charge in [0.25, 0.3) is 5.56 Å². The number of pyridine rings is 1. The maximum atomic E-state index is 13.3. The summed E-state index contributed by atoms with van der Waals surface area (Å²) in [5.74, 6) is -0.963. The van der Waals surface area contributed by atoms with Gasteiger partial charge in [0.1, 0.15) is 11.5 Å². The molecule has 0 fully saturated rings. The van der Waals surface area contributed by atoms with E-state index in [2.05, 4.69) is 5.10 Å². The molecule has 0 aliphatic heterocycles. The number of halogens is 2. The second-order valence-corrected chi connectivity index (χ2v) is 5.51. The van der Waals surface area contributed by atoms with Gasteiger partial charge in [0, 0.05) is 30.7 Å². The van der Waals surface area contributed by atoms with Crippen molar-refractivity contribution in [3.8, 4) is 0 Å². The van der Waals surface area contributed by atoms with Gasteiger partial charge in [0.05, 0.1) is 5.02 Å². The molecule has 0 saturated carbocycles. The summed E-state index contributed by atoms with van der Waals surface area (Å²) in [5.41, 5.74) is 0.481. The lowest BCUT2D eigenvalue weighted by atomic mass is 10.1. The van der Waals surface area contributed by atoms with Crippen molar-refractivity contribution in [1.82, 2.24) is 14.3 Å². The highest BCUT2D eigenvalue weighted by Crippen LogP contribution is 2.22. The third kappa shape index (κ3) is 2.45. The van der Waals surface area contributed by atoms with Crippen LogP contribution in [0.3, 0.4) is 0 Å². The van der Waals surface area contributed by atoms with Crippen LogP contribution < -0.4 is 5.56 Å². The SMILES string of the molecule is CCn1ccc2c(C(=O)c3ccc(F)c(Cl)c3)n(C)nc2c1=O. The summed E-state index contributed by atoms with van der Waals surface area (Å²) in [6, 6.07) is 5.45. The molecule has 2 aromatic heterocycles. The third-order valence-corrected chi connectivity index (χ3v) is 4.00. The molecule has 3 rings (SSSR count). The highest BCUT2D eigenvalue weighted by atomic mass is 35.5. The number of fused-ring (bicyclic) bond motifs is 1. The van der Waals surface area contributed by atoms with Crippen molar-refractivity contribution in [1.29, 1.82) is 0 Å². The first kappa shape index (κ1) is 15.4. The van der Waals surface area contributed by atoms with Crippen LogP contribution in [0.15, 0.2) is 35.3 Å². The Morgan fingerprint density at radius 3 is 2.74 bits per heavy atom. The zero-order valence-electron chi connectivity index (χ0n) is 12.5. The molecule has 0 bridgehead atoms. The fourth-order valence-corrected chi connectivity index (χ4v) is 2.70. The maximum absolute atomic E-state index is 13.3. The van der Waals surface area contributed by atoms with Crippen LogP contribution in [0.1, 0.15) is 23.0 Å². The molecule has 0 amide bonds. The number of hydrogen-bond acceptors (Lipinski definition) is 3. The Hall–Kier alpha value is -2.47. The van der Waals surface area contributed by atoms with Crippen LogP contribution in [-0.4, -0.2) is 20.1 Å². The minimum Gasteiger partial charge on any atom is -0.314 e. The Kier molecular flexibility index (Phi) is 3.77. The van der Waals surface area contributed by atoms with Gasteiger partial charge >= 0.3 is 0 Å². The summed E-state index contributed by atoms with van der Waals surface area (Å²) in [5, 5.41) is 4.50. The molecule has 5 nitrogen and oxygen atoms in total. The molecule has 0 spiro atoms. The first-order valence-corrected chi connectivity index (χ1v) is 7.37. The van der Waals surface area contributed by atoms with E-state index in [1.54, 1.807) is 19.3 Å². The van der Waals surface area contributed by atoms with Crippen molar-refractivity contribution in [3.63, 3.8) is 0 Å². The number of ketones is 1. The first-order chi connectivity index (χ1) is 10.9. The van der Waals surface area contributed by atoms with Crippen molar-refractivity contribution < 1.29 is 9.18 Å². The number of nitrogens with zero attached hydrogens (tertiary/aromatic N) is 3. The molecule has 0 aliphatic rings. The smallest absolute Gasteiger partial charge is 0.278 e. The minimum absolute atomic E-state index is 0.129. The van der Waals surface area contributed by atoms with Crippen LogP contribution in [0.25, 0.3) is 10.9 Å². The molecular formula is C16H13ClFN3O2. The van der Waals surface area contributed by atoms with Gasteiger partial charge in [-0.15, -0.1) is 0 Å². The number of carbonyl (C=O) groups excluding carboxylic acids is 1. The molecule has 23 heavy (non-hydrogen) atoms. The minimum atomic E-state index is -0.594. The van der Waals surface area contributed by atoms with Crippen LogP contribution in [0.5, 0.6) is 0 Å². The quantitative estimate of drug-likeness (QED) is 0.692. The largest absolute Gasteiger partial charge is 0.314 e. The zero-order chi connectivity index (χ0) is 16.7. The number of aromatic nitrogens is 3. The van der Waals surface area contributed by atoms with Crippen LogP contribution in [0.4, 0.5) is 4.39 Å². The second-order valence-electron chi connectivity index (χ2n) is 5.10. The molecule has 0 N–H and O–H groups in total. The molecule has 7 heteroatoms. The molecule has 2 heterocycles. The molecule has 0 saturated heterocycles. The Morgan fingerprint density at radius 2 is 2.09 bits per heavy atom. The van der Waals surface area contributed by atoms with E-state index in [-0.39, 0.29) is 33.1 Å². The van der Waals surface area contributed by atoms with Crippen molar-refractivity contribution in [2.75, 3.05) is 0 Å². The van der Waals surface area contributed by atoms with E-state index in [0.717, 1.165) is 6.07 Å². The Labute approximate surface area is 135 Å². The van der Waals surface area contributed by atoms with E-state index in [1.165, 1.54) is 21.4 Å². The van der Waals surface area contributed by atoms with Gasteiger partial charge in [0.2, 0.25) is 5.78 Å². The summed E-state index contributed by atoms with van der Waals surface area (Å²) in [7, 11) is 1.59. The van der Waals surface area contributed by atoms with Crippen LogP contribution in [0, 0.1) is 5.82 Å². The Bertz CT molecular complexity index is 991. The Balaban J connectivity index is 2.21. The van der Waals surface area contributed by atoms with E-state index in [9.17, 15) is 14.0 Å². The van der Waals surface area contributed by atoms with Gasteiger partial charge in [-0.25, -0.2) is 4.39 Å². The number of hydrogen-bond donors (Lipinski definition) is 0. The second kappa shape index (κ2) is 5.62. The van der Waals surface area contributed by atoms with E-state index in [1.807, 2.05) is 6.92 Å². The van der Waals surface area contributed by atoms with Gasteiger partial charge < -0.3 is 4.57 Å². The molecule has 3 aromatic rings. The van der Waals surface area contributed by atoms with Gasteiger partial charge in [0.15, 0.2) is 5.52 Å². The summed E-state index contributed by atoms with van der Waals surface area (Å²) >= 11 is 5.74. The highest BCUT2D eigenvalue weighted by molar-refractivity contribution is 6.31. The fraction of sp³-hybridized carbons (Fsp3) is 0.188. The van der Waals surface area contributed by atoms with Crippen LogP contribution in [-0.2, 0) is 13.6 Å². The lowest BCUT2D eigenvalue weighted by Crippen LogP contribution is -2.18. The standard InChI is InChI=1S/C16H13ClFN3O2/c1-3-21-7-6-10-13(16(21)23)19-20(2)14(10)15(22)9-4-5-12(18)11(17)8-9/h4-8H,3H2,1-2H3. The van der Waals surface area contributed by atoms with Crippen LogP contribution >= 0.6 is 11.6 Å². The predicted octanol–water partition coefficient (Wildman–Crippen LogP) is 2.78. The maximum Gasteiger partial charge on any atom is 0.278 e. The number of rotatable bonds is 3. The van der Waals surface area contributed by atoms with E-state index < -0.39 is 5.82 Å². The molecule has 0 unspecified atom stereocenters. The van der Waals surface area contributed by atoms with E-state index >= 15 is 0 Å². The van der Waals surface area contributed by atoms with Gasteiger partial charge in [-0.05, 0) is 31.2 Å². The molecule has 118 valence electrons. The number of carbonyl (C=O) groups is 1. The summed E-state index contributed by atoms with van der Waals surface area (Å²) in [6.45, 7) is 2.37. The Morgan fingerprint density at radius 1 is 1.35 bits per heavy atom. The van der Waals surface area contributed by atoms with Gasteiger partial charge in [-0.2, -0.15) is 5.10 Å². The summed E-state index contributed by atoms with van der Waals surface area (Å²) in [4.78, 5) is 25.0. The lowest BCUT2D eigenvalue weighted by Gasteiger charge is -2.04. The normalized spacial score (nSPS) is 11.1. The molecule has 0 aliphatic carbocycles. The average molecular weight is 334 g/mol. The summed E-state index contributed by atoms with van der Waals surface area (Å²) < 4.78 is 16.1. The molecule has 0 radical (unpaired) electrons. The highest BCUT2D eigenvalue weighted by Gasteiger charge is 2.21. The zero-order valence-corrected chi connectivity index (χ0v) is 13.3. The predicted molar refractivity (Wildman–Crippen MR) is 85.5 cm³/mol. The molecule has 0 atom stereocenters. The molecule has 1 aromatic carbocycles. The van der Waals surface area contributed by atoms with Crippen molar-refractivity contribution in [3.05, 3.63) is 62.9 Å². The van der Waals surface area contributed by atoms with Crippen molar-refractivity contribution in [2.24, 2.45) is 7.05 Å². The van der Waals surface area contributed by atoms with Crippen LogP contribution in [0.2, 0.25) is 5.02 Å². The van der Waals surface area contributed by atoms with E-state index in [4.69, 9.17) is 11.6 Å². The first-order valence-electron chi connectivity index (χ1n) is 7.00. The number of aryl methyl sites for hydroxylation is 2. The van der Waals surface area contributed by atoms with Crippen molar-refractivity contribution in [2.45, 2.75) is 13.5 Å². The summed E-state index contributed by atoms with van der Waals surface area (Å²) in [6.07, 6.45) is 1.63. The average Bonchev–Trinajstić information content (AvgIpc) is 2.87. The van der Waals surface area contributed by atoms with E-state index in [0.29, 0.717) is 11.9 Å². The lowest BCUT2D eigenvalue weighted by molar-refractivity contribution is 0.103. The van der Waals surface area contributed by atoms with Crippen molar-refractivity contribution >= 4 is 28.3 Å². The third-order valence-electron chi connectivity index (χ3n) is 3.71. The topological polar surface area (TPSA) is 56.9 Å². The molecular weight excluding hydrogens is 321 g/mol. The van der Waals surface area contributed by atoms with Gasteiger partial charge in [-0.1, -0.05) is 11.6 Å². The fourth-order valence-electron chi connectivity index (χ4n) is 2.52.